The third-order valence-electron chi connectivity index (χ3n) is 4.95. The largest absolute Gasteiger partial charge is 0.497 e. The van der Waals surface area contributed by atoms with Crippen LogP contribution in [-0.4, -0.2) is 67.5 Å². The van der Waals surface area contributed by atoms with Gasteiger partial charge in [0.2, 0.25) is 11.8 Å². The van der Waals surface area contributed by atoms with Gasteiger partial charge >= 0.3 is 0 Å². The van der Waals surface area contributed by atoms with Crippen molar-refractivity contribution >= 4 is 17.5 Å². The van der Waals surface area contributed by atoms with E-state index >= 15 is 0 Å². The van der Waals surface area contributed by atoms with Crippen molar-refractivity contribution in [3.8, 4) is 5.75 Å². The smallest absolute Gasteiger partial charge is 0.245 e. The molecule has 130 valence electrons. The molecular weight excluding hydrogens is 306 g/mol. The van der Waals surface area contributed by atoms with Gasteiger partial charge in [-0.15, -0.1) is 0 Å². The normalized spacial score (nSPS) is 21.1. The molecule has 2 aliphatic heterocycles. The molecule has 0 aliphatic carbocycles. The maximum absolute atomic E-state index is 12.8. The van der Waals surface area contributed by atoms with E-state index in [0.29, 0.717) is 19.6 Å². The lowest BCUT2D eigenvalue weighted by atomic mass is 10.1. The molecule has 1 aromatic rings. The van der Waals surface area contributed by atoms with E-state index in [1.807, 2.05) is 23.1 Å². The quantitative estimate of drug-likeness (QED) is 0.839. The lowest BCUT2D eigenvalue weighted by molar-refractivity contribution is -0.143. The number of anilines is 1. The number of methoxy groups -OCH3 is 1. The van der Waals surface area contributed by atoms with E-state index < -0.39 is 0 Å². The first-order chi connectivity index (χ1) is 11.6. The van der Waals surface area contributed by atoms with Crippen molar-refractivity contribution in [1.82, 2.24) is 9.80 Å². The summed E-state index contributed by atoms with van der Waals surface area (Å²) in [6.07, 6.45) is 1.70. The van der Waals surface area contributed by atoms with Crippen LogP contribution in [0.3, 0.4) is 0 Å². The van der Waals surface area contributed by atoms with Gasteiger partial charge in [-0.05, 0) is 25.0 Å². The number of hydrogen-bond donors (Lipinski definition) is 0. The van der Waals surface area contributed by atoms with Gasteiger partial charge in [0.05, 0.1) is 7.11 Å². The molecule has 0 saturated carbocycles. The van der Waals surface area contributed by atoms with E-state index in [9.17, 15) is 9.59 Å². The van der Waals surface area contributed by atoms with Gasteiger partial charge in [-0.25, -0.2) is 0 Å². The van der Waals surface area contributed by atoms with E-state index in [0.717, 1.165) is 37.4 Å². The van der Waals surface area contributed by atoms with Crippen molar-refractivity contribution in [2.45, 2.75) is 25.8 Å². The van der Waals surface area contributed by atoms with Crippen molar-refractivity contribution in [2.24, 2.45) is 0 Å². The predicted octanol–water partition coefficient (Wildman–Crippen LogP) is 1.35. The number of carbonyl (C=O) groups is 2. The number of carbonyl (C=O) groups excluding carboxylic acids is 2. The second-order valence-corrected chi connectivity index (χ2v) is 6.38. The van der Waals surface area contributed by atoms with Crippen LogP contribution in [0.15, 0.2) is 24.3 Å². The Morgan fingerprint density at radius 1 is 1.12 bits per heavy atom. The van der Waals surface area contributed by atoms with E-state index in [2.05, 4.69) is 11.0 Å². The summed E-state index contributed by atoms with van der Waals surface area (Å²) in [5.41, 5.74) is 1.12. The minimum absolute atomic E-state index is 0.000802. The van der Waals surface area contributed by atoms with Crippen LogP contribution < -0.4 is 9.64 Å². The van der Waals surface area contributed by atoms with Gasteiger partial charge in [-0.3, -0.25) is 9.59 Å². The number of rotatable bonds is 3. The number of ether oxygens (including phenoxy) is 1. The maximum atomic E-state index is 12.8. The third kappa shape index (κ3) is 3.32. The molecule has 3 rings (SSSR count). The van der Waals surface area contributed by atoms with Gasteiger partial charge in [-0.2, -0.15) is 0 Å². The van der Waals surface area contributed by atoms with Crippen molar-refractivity contribution in [3.63, 3.8) is 0 Å². The Hall–Kier alpha value is -2.24. The Bertz CT molecular complexity index is 611. The number of likely N-dealkylation sites (tertiary alicyclic amines) is 1. The molecule has 0 unspecified atom stereocenters. The Labute approximate surface area is 143 Å². The number of hydrogen-bond acceptors (Lipinski definition) is 4. The summed E-state index contributed by atoms with van der Waals surface area (Å²) in [6, 6.07) is 7.74. The fourth-order valence-corrected chi connectivity index (χ4v) is 3.60. The highest BCUT2D eigenvalue weighted by Gasteiger charge is 2.36. The van der Waals surface area contributed by atoms with Crippen LogP contribution in [-0.2, 0) is 9.59 Å². The zero-order chi connectivity index (χ0) is 17.1. The SMILES string of the molecule is COc1cccc(N2CCN(C(=O)[C@H]3CCCN3C(C)=O)CC2)c1. The molecule has 0 bridgehead atoms. The van der Waals surface area contributed by atoms with Crippen LogP contribution in [0.5, 0.6) is 5.75 Å². The van der Waals surface area contributed by atoms with Gasteiger partial charge in [0.25, 0.3) is 0 Å². The average molecular weight is 331 g/mol. The molecule has 6 nitrogen and oxygen atoms in total. The van der Waals surface area contributed by atoms with Gasteiger partial charge in [0.15, 0.2) is 0 Å². The fraction of sp³-hybridized carbons (Fsp3) is 0.556. The minimum Gasteiger partial charge on any atom is -0.497 e. The molecular formula is C18H25N3O3. The lowest BCUT2D eigenvalue weighted by Gasteiger charge is -2.38. The zero-order valence-electron chi connectivity index (χ0n) is 14.4. The van der Waals surface area contributed by atoms with Crippen molar-refractivity contribution in [3.05, 3.63) is 24.3 Å². The highest BCUT2D eigenvalue weighted by molar-refractivity contribution is 5.87. The predicted molar refractivity (Wildman–Crippen MR) is 92.2 cm³/mol. The average Bonchev–Trinajstić information content (AvgIpc) is 3.11. The minimum atomic E-state index is -0.258. The van der Waals surface area contributed by atoms with Gasteiger partial charge in [0, 0.05) is 51.4 Å². The van der Waals surface area contributed by atoms with Crippen LogP contribution in [0.4, 0.5) is 5.69 Å². The molecule has 2 aliphatic rings. The maximum Gasteiger partial charge on any atom is 0.245 e. The molecule has 2 fully saturated rings. The summed E-state index contributed by atoms with van der Waals surface area (Å²) in [5.74, 6) is 0.947. The topological polar surface area (TPSA) is 53.1 Å². The van der Waals surface area contributed by atoms with E-state index in [-0.39, 0.29) is 17.9 Å². The van der Waals surface area contributed by atoms with Crippen molar-refractivity contribution < 1.29 is 14.3 Å². The standard InChI is InChI=1S/C18H25N3O3/c1-14(22)21-8-4-7-17(21)18(23)20-11-9-19(10-12-20)15-5-3-6-16(13-15)24-2/h3,5-6,13,17H,4,7-12H2,1-2H3/t17-/m1/s1. The molecule has 2 saturated heterocycles. The van der Waals surface area contributed by atoms with Gasteiger partial charge < -0.3 is 19.4 Å². The number of amides is 2. The van der Waals surface area contributed by atoms with E-state index in [4.69, 9.17) is 4.74 Å². The number of benzene rings is 1. The first kappa shape index (κ1) is 16.6. The second kappa shape index (κ2) is 7.11. The molecule has 2 heterocycles. The highest BCUT2D eigenvalue weighted by atomic mass is 16.5. The molecule has 0 aromatic heterocycles. The Kier molecular flexibility index (Phi) is 4.92. The molecule has 6 heteroatoms. The summed E-state index contributed by atoms with van der Waals surface area (Å²) in [4.78, 5) is 30.3. The molecule has 0 N–H and O–H groups in total. The van der Waals surface area contributed by atoms with Crippen LogP contribution in [0.25, 0.3) is 0 Å². The Balaban J connectivity index is 1.60. The summed E-state index contributed by atoms with van der Waals surface area (Å²) >= 11 is 0. The summed E-state index contributed by atoms with van der Waals surface area (Å²) < 4.78 is 5.28. The van der Waals surface area contributed by atoms with Crippen molar-refractivity contribution in [2.75, 3.05) is 44.7 Å². The highest BCUT2D eigenvalue weighted by Crippen LogP contribution is 2.24. The first-order valence-corrected chi connectivity index (χ1v) is 8.55. The van der Waals surface area contributed by atoms with Crippen LogP contribution in [0, 0.1) is 0 Å². The summed E-state index contributed by atoms with van der Waals surface area (Å²) in [6.45, 7) is 5.23. The Morgan fingerprint density at radius 2 is 1.88 bits per heavy atom. The molecule has 2 amide bonds. The third-order valence-corrected chi connectivity index (χ3v) is 4.95. The molecule has 1 aromatic carbocycles. The molecule has 1 atom stereocenters. The molecule has 0 spiro atoms. The van der Waals surface area contributed by atoms with Crippen LogP contribution in [0.2, 0.25) is 0 Å². The van der Waals surface area contributed by atoms with E-state index in [1.165, 1.54) is 0 Å². The van der Waals surface area contributed by atoms with Crippen molar-refractivity contribution in [1.29, 1.82) is 0 Å². The fourth-order valence-electron chi connectivity index (χ4n) is 3.60. The molecule has 0 radical (unpaired) electrons. The lowest BCUT2D eigenvalue weighted by Crippen LogP contribution is -2.54. The number of piperazine rings is 1. The first-order valence-electron chi connectivity index (χ1n) is 8.55. The Morgan fingerprint density at radius 3 is 2.54 bits per heavy atom. The number of nitrogens with zero attached hydrogens (tertiary/aromatic N) is 3. The summed E-state index contributed by atoms with van der Waals surface area (Å²) in [5, 5.41) is 0. The monoisotopic (exact) mass is 331 g/mol. The molecule has 24 heavy (non-hydrogen) atoms. The van der Waals surface area contributed by atoms with Gasteiger partial charge in [-0.1, -0.05) is 6.07 Å². The summed E-state index contributed by atoms with van der Waals surface area (Å²) in [7, 11) is 1.66. The van der Waals surface area contributed by atoms with Crippen LogP contribution >= 0.6 is 0 Å². The van der Waals surface area contributed by atoms with E-state index in [1.54, 1.807) is 18.9 Å². The second-order valence-electron chi connectivity index (χ2n) is 6.38. The zero-order valence-corrected chi connectivity index (χ0v) is 14.4. The van der Waals surface area contributed by atoms with Crippen LogP contribution in [0.1, 0.15) is 19.8 Å². The van der Waals surface area contributed by atoms with Gasteiger partial charge in [0.1, 0.15) is 11.8 Å².